The molecule has 26 nitrogen and oxygen atoms in total. The van der Waals surface area contributed by atoms with Crippen molar-refractivity contribution in [2.75, 3.05) is 37.8 Å². The number of nitrogens with two attached hydrogens (primary N) is 1. The molecule has 0 aromatic heterocycles. The van der Waals surface area contributed by atoms with Crippen molar-refractivity contribution in [3.63, 3.8) is 0 Å². The van der Waals surface area contributed by atoms with Crippen molar-refractivity contribution >= 4 is 84.7 Å². The summed E-state index contributed by atoms with van der Waals surface area (Å²) in [5.41, 5.74) is 5.36. The van der Waals surface area contributed by atoms with Gasteiger partial charge < -0.3 is 67.2 Å². The molecule has 0 aliphatic carbocycles. The molecule has 53 heavy (non-hydrogen) atoms. The number of rotatable bonds is 29. The van der Waals surface area contributed by atoms with Gasteiger partial charge in [0.2, 0.25) is 23.6 Å². The minimum Gasteiger partial charge on any atom is -0.480 e. The Balaban J connectivity index is 5.44. The van der Waals surface area contributed by atoms with Crippen LogP contribution in [0.25, 0.3) is 0 Å². The van der Waals surface area contributed by atoms with Crippen molar-refractivity contribution < 1.29 is 96.7 Å². The number of phosphoric ester groups is 1. The summed E-state index contributed by atoms with van der Waals surface area (Å²) < 4.78 is 31.4. The number of carboxylic acids is 4. The van der Waals surface area contributed by atoms with Gasteiger partial charge in [-0.2, -0.15) is 0 Å². The van der Waals surface area contributed by atoms with Crippen LogP contribution in [0.5, 0.6) is 0 Å². The lowest BCUT2D eigenvalue weighted by molar-refractivity contribution is -0.140. The van der Waals surface area contributed by atoms with Crippen LogP contribution >= 0.6 is 37.2 Å². The molecule has 0 saturated carbocycles. The van der Waals surface area contributed by atoms with Crippen LogP contribution in [0.15, 0.2) is 0 Å². The minimum atomic E-state index is -5.02. The molecule has 0 aliphatic rings. The van der Waals surface area contributed by atoms with Gasteiger partial charge >= 0.3 is 39.4 Å². The number of phosphoric acid groups is 1. The standard InChI is InChI=1S/C23H40N6O20P2S2/c24-12(22(39)40)1-3-16(31)27-14(20(37)25-5-18(33)34)9-52-53-10-15(21(38)26-6-19(35)36)28-17(32)4-2-13(23(41)42)29-50(43,44)48-7-11(30)8-49-51(45,46)47/h11-15,30H,1-10,24H2,(H,25,37)(H,26,38)(H,27,31)(H,28,32)(H,33,34)(H,35,36)(H,39,40)(H,41,42)(H2,29,43,44)(H2,45,46,47). The smallest absolute Gasteiger partial charge is 0.469 e. The number of carboxylic acid groups (broad SMARTS) is 4. The van der Waals surface area contributed by atoms with Crippen LogP contribution in [0, 0.1) is 0 Å². The van der Waals surface area contributed by atoms with E-state index < -0.39 is 139 Å². The summed E-state index contributed by atoms with van der Waals surface area (Å²) >= 11 is 0. The van der Waals surface area contributed by atoms with Gasteiger partial charge in [-0.1, -0.05) is 21.6 Å². The van der Waals surface area contributed by atoms with E-state index in [1.165, 1.54) is 0 Å². The zero-order valence-electron chi connectivity index (χ0n) is 27.2. The second kappa shape index (κ2) is 24.8. The van der Waals surface area contributed by atoms with Crippen molar-refractivity contribution in [2.45, 2.75) is 56.0 Å². The number of hydrogen-bond donors (Lipinski definition) is 14. The van der Waals surface area contributed by atoms with Crippen LogP contribution in [0.3, 0.4) is 0 Å². The zero-order chi connectivity index (χ0) is 40.9. The number of aliphatic hydroxyl groups excluding tert-OH is 1. The molecular weight excluding hydrogens is 806 g/mol. The van der Waals surface area contributed by atoms with E-state index >= 15 is 0 Å². The Kier molecular flexibility index (Phi) is 23.2. The quantitative estimate of drug-likeness (QED) is 0.0191. The van der Waals surface area contributed by atoms with Crippen molar-refractivity contribution in [2.24, 2.45) is 5.73 Å². The van der Waals surface area contributed by atoms with E-state index in [4.69, 9.17) is 30.8 Å². The summed E-state index contributed by atoms with van der Waals surface area (Å²) in [6.45, 7) is -3.75. The molecule has 0 aromatic carbocycles. The predicted octanol–water partition coefficient (Wildman–Crippen LogP) is -4.66. The molecule has 15 N–H and O–H groups in total. The van der Waals surface area contributed by atoms with E-state index in [2.05, 4.69) is 25.0 Å². The lowest BCUT2D eigenvalue weighted by atomic mass is 10.1. The minimum absolute atomic E-state index is 0.271. The Labute approximate surface area is 306 Å². The maximum atomic E-state index is 12.7. The summed E-state index contributed by atoms with van der Waals surface area (Å²) in [5.74, 6) is -10.3. The maximum Gasteiger partial charge on any atom is 0.469 e. The van der Waals surface area contributed by atoms with Crippen molar-refractivity contribution in [1.29, 1.82) is 0 Å². The summed E-state index contributed by atoms with van der Waals surface area (Å²) in [4.78, 5) is 122. The molecule has 304 valence electrons. The molecule has 4 amide bonds. The van der Waals surface area contributed by atoms with Gasteiger partial charge in [0.1, 0.15) is 43.4 Å². The molecule has 0 saturated heterocycles. The summed E-state index contributed by atoms with van der Waals surface area (Å²) in [6.07, 6.45) is -3.94. The second-order valence-electron chi connectivity index (χ2n) is 10.3. The van der Waals surface area contributed by atoms with Crippen LogP contribution in [-0.2, 0) is 56.5 Å². The molecule has 0 fully saturated rings. The molecule has 0 aromatic rings. The lowest BCUT2D eigenvalue weighted by Crippen LogP contribution is -2.50. The van der Waals surface area contributed by atoms with Crippen molar-refractivity contribution in [3.8, 4) is 0 Å². The van der Waals surface area contributed by atoms with Gasteiger partial charge in [-0.15, -0.1) is 0 Å². The highest BCUT2D eigenvalue weighted by Crippen LogP contribution is 2.39. The number of carbonyl (C=O) groups is 8. The SMILES string of the molecule is NC(CCC(=O)NC(CSSCC(NC(=O)CCC(NP(=O)(O)OCC(O)COP(=O)(O)O)C(=O)O)C(=O)NCC(=O)O)C(=O)NCC(=O)O)C(=O)O. The Morgan fingerprint density at radius 3 is 1.49 bits per heavy atom. The van der Waals surface area contributed by atoms with Gasteiger partial charge in [0.05, 0.1) is 13.2 Å². The van der Waals surface area contributed by atoms with Gasteiger partial charge in [-0.25, -0.2) is 14.2 Å². The molecule has 30 heteroatoms. The molecule has 6 atom stereocenters. The number of hydrogen-bond acceptors (Lipinski definition) is 16. The first-order valence-corrected chi connectivity index (χ1v) is 20.2. The summed E-state index contributed by atoms with van der Waals surface area (Å²) in [5, 5.41) is 55.9. The zero-order valence-corrected chi connectivity index (χ0v) is 30.6. The normalized spacial score (nSPS) is 15.3. The van der Waals surface area contributed by atoms with Gasteiger partial charge in [0.15, 0.2) is 0 Å². The topological polar surface area (TPSA) is 437 Å². The third-order valence-corrected chi connectivity index (χ3v) is 9.88. The lowest BCUT2D eigenvalue weighted by Gasteiger charge is -2.21. The fourth-order valence-corrected chi connectivity index (χ4v) is 7.06. The number of carbonyl (C=O) groups excluding carboxylic acids is 4. The molecule has 0 heterocycles. The average Bonchev–Trinajstić information content (AvgIpc) is 3.04. The molecule has 0 rings (SSSR count). The van der Waals surface area contributed by atoms with E-state index in [-0.39, 0.29) is 17.9 Å². The molecule has 0 aliphatic heterocycles. The molecule has 0 bridgehead atoms. The fourth-order valence-electron chi connectivity index (χ4n) is 3.28. The molecule has 0 spiro atoms. The maximum absolute atomic E-state index is 12.7. The number of amides is 4. The summed E-state index contributed by atoms with van der Waals surface area (Å²) in [7, 11) is -8.36. The van der Waals surface area contributed by atoms with E-state index in [9.17, 15) is 62.6 Å². The third kappa shape index (κ3) is 25.3. The van der Waals surface area contributed by atoms with Gasteiger partial charge in [-0.05, 0) is 12.8 Å². The Morgan fingerprint density at radius 2 is 1.09 bits per heavy atom. The number of aliphatic hydroxyl groups is 1. The molecule has 0 radical (unpaired) electrons. The van der Waals surface area contributed by atoms with Crippen molar-refractivity contribution in [1.82, 2.24) is 26.4 Å². The highest BCUT2D eigenvalue weighted by molar-refractivity contribution is 8.76. The van der Waals surface area contributed by atoms with Crippen LogP contribution in [0.4, 0.5) is 0 Å². The second-order valence-corrected chi connectivity index (χ2v) is 15.7. The number of aliphatic carboxylic acids is 4. The van der Waals surface area contributed by atoms with Gasteiger partial charge in [-0.3, -0.25) is 47.4 Å². The summed E-state index contributed by atoms with van der Waals surface area (Å²) in [6, 6.07) is -6.19. The van der Waals surface area contributed by atoms with Gasteiger partial charge in [0.25, 0.3) is 0 Å². The van der Waals surface area contributed by atoms with Crippen molar-refractivity contribution in [3.05, 3.63) is 0 Å². The first-order chi connectivity index (χ1) is 24.4. The highest BCUT2D eigenvalue weighted by Gasteiger charge is 2.31. The Hall–Kier alpha value is -3.40. The van der Waals surface area contributed by atoms with Crippen LogP contribution < -0.4 is 32.1 Å². The van der Waals surface area contributed by atoms with Gasteiger partial charge in [0, 0.05) is 24.3 Å². The van der Waals surface area contributed by atoms with Crippen LogP contribution in [0.2, 0.25) is 0 Å². The van der Waals surface area contributed by atoms with E-state index in [0.717, 1.165) is 21.6 Å². The monoisotopic (exact) mass is 846 g/mol. The number of nitrogens with one attached hydrogen (secondary N) is 5. The molecule has 6 unspecified atom stereocenters. The average molecular weight is 847 g/mol. The Morgan fingerprint density at radius 1 is 0.660 bits per heavy atom. The van der Waals surface area contributed by atoms with Crippen LogP contribution in [0.1, 0.15) is 25.7 Å². The fraction of sp³-hybridized carbons (Fsp3) is 0.652. The third-order valence-electron chi connectivity index (χ3n) is 5.84. The largest absolute Gasteiger partial charge is 0.480 e. The van der Waals surface area contributed by atoms with E-state index in [1.54, 1.807) is 5.09 Å². The van der Waals surface area contributed by atoms with Crippen LogP contribution in [-0.4, -0.2) is 156 Å². The predicted molar refractivity (Wildman–Crippen MR) is 178 cm³/mol. The highest BCUT2D eigenvalue weighted by atomic mass is 33.1. The van der Waals surface area contributed by atoms with E-state index in [1.807, 2.05) is 5.32 Å². The Bertz CT molecular complexity index is 1400. The first-order valence-electron chi connectivity index (χ1n) is 14.6. The first kappa shape index (κ1) is 49.6. The van der Waals surface area contributed by atoms with E-state index in [0.29, 0.717) is 0 Å². The molecular formula is C23H40N6O20P2S2.